The van der Waals surface area contributed by atoms with E-state index in [-0.39, 0.29) is 5.54 Å². The number of hydrogen-bond donors (Lipinski definition) is 1. The van der Waals surface area contributed by atoms with Gasteiger partial charge in [-0.05, 0) is 26.7 Å². The Kier molecular flexibility index (Phi) is 4.56. The summed E-state index contributed by atoms with van der Waals surface area (Å²) in [7, 11) is 0. The minimum Gasteiger partial charge on any atom is -0.373 e. The summed E-state index contributed by atoms with van der Waals surface area (Å²) in [6, 6.07) is 0. The predicted molar refractivity (Wildman–Crippen MR) is 63.9 cm³/mol. The van der Waals surface area contributed by atoms with Crippen LogP contribution in [0.15, 0.2) is 0 Å². The molecule has 0 spiro atoms. The number of morpholine rings is 1. The van der Waals surface area contributed by atoms with Gasteiger partial charge in [-0.2, -0.15) is 0 Å². The first-order valence-corrected chi connectivity index (χ1v) is 6.18. The zero-order valence-electron chi connectivity index (χ0n) is 10.6. The van der Waals surface area contributed by atoms with Crippen LogP contribution in [0.2, 0.25) is 0 Å². The van der Waals surface area contributed by atoms with E-state index < -0.39 is 0 Å². The van der Waals surface area contributed by atoms with Crippen LogP contribution in [-0.4, -0.2) is 42.3 Å². The summed E-state index contributed by atoms with van der Waals surface area (Å²) in [5, 5.41) is 0. The second kappa shape index (κ2) is 5.28. The molecule has 1 saturated heterocycles. The molecular weight excluding hydrogens is 188 g/mol. The summed E-state index contributed by atoms with van der Waals surface area (Å²) < 4.78 is 5.76. The molecule has 0 aliphatic carbocycles. The van der Waals surface area contributed by atoms with Crippen molar-refractivity contribution in [3.05, 3.63) is 0 Å². The third kappa shape index (κ3) is 2.71. The molecule has 1 fully saturated rings. The van der Waals surface area contributed by atoms with Gasteiger partial charge in [-0.3, -0.25) is 4.90 Å². The fourth-order valence-corrected chi connectivity index (χ4v) is 2.68. The molecule has 0 saturated carbocycles. The van der Waals surface area contributed by atoms with Crippen molar-refractivity contribution in [1.82, 2.24) is 4.90 Å². The Morgan fingerprint density at radius 1 is 1.20 bits per heavy atom. The van der Waals surface area contributed by atoms with Crippen LogP contribution < -0.4 is 5.73 Å². The summed E-state index contributed by atoms with van der Waals surface area (Å²) in [5.41, 5.74) is 6.15. The van der Waals surface area contributed by atoms with Crippen molar-refractivity contribution in [2.45, 2.75) is 58.3 Å². The molecular formula is C12H26N2O. The molecule has 3 heteroatoms. The van der Waals surface area contributed by atoms with E-state index >= 15 is 0 Å². The number of ether oxygens (including phenoxy) is 1. The van der Waals surface area contributed by atoms with Gasteiger partial charge in [-0.15, -0.1) is 0 Å². The molecule has 0 aromatic heterocycles. The highest BCUT2D eigenvalue weighted by molar-refractivity contribution is 4.92. The zero-order valence-corrected chi connectivity index (χ0v) is 10.6. The molecule has 3 nitrogen and oxygen atoms in total. The standard InChI is InChI=1S/C12H26N2O/c1-5-12(6-2,9-13)14-7-10(3)15-11(4)8-14/h10-11H,5-9,13H2,1-4H3/t10-,11+. The molecule has 1 rings (SSSR count). The van der Waals surface area contributed by atoms with Crippen molar-refractivity contribution in [3.8, 4) is 0 Å². The average molecular weight is 214 g/mol. The van der Waals surface area contributed by atoms with Gasteiger partial charge in [0.25, 0.3) is 0 Å². The SMILES string of the molecule is CCC(CC)(CN)N1C[C@@H](C)O[C@@H](C)C1. The van der Waals surface area contributed by atoms with Crippen LogP contribution >= 0.6 is 0 Å². The van der Waals surface area contributed by atoms with E-state index in [0.717, 1.165) is 32.5 Å². The predicted octanol–water partition coefficient (Wildman–Crippen LogP) is 1.61. The van der Waals surface area contributed by atoms with Gasteiger partial charge in [0.15, 0.2) is 0 Å². The van der Waals surface area contributed by atoms with Crippen LogP contribution in [-0.2, 0) is 4.74 Å². The van der Waals surface area contributed by atoms with Gasteiger partial charge in [0.05, 0.1) is 12.2 Å². The molecule has 0 aromatic carbocycles. The molecule has 0 radical (unpaired) electrons. The topological polar surface area (TPSA) is 38.5 Å². The maximum atomic E-state index is 5.97. The average Bonchev–Trinajstić information content (AvgIpc) is 2.20. The Balaban J connectivity index is 2.74. The number of nitrogens with zero attached hydrogens (tertiary/aromatic N) is 1. The van der Waals surface area contributed by atoms with Crippen LogP contribution in [0, 0.1) is 0 Å². The lowest BCUT2D eigenvalue weighted by atomic mass is 9.89. The maximum Gasteiger partial charge on any atom is 0.0678 e. The first-order chi connectivity index (χ1) is 7.07. The van der Waals surface area contributed by atoms with Crippen molar-refractivity contribution >= 4 is 0 Å². The Bertz CT molecular complexity index is 174. The van der Waals surface area contributed by atoms with Crippen molar-refractivity contribution in [2.24, 2.45) is 5.73 Å². The molecule has 0 amide bonds. The summed E-state index contributed by atoms with van der Waals surface area (Å²) >= 11 is 0. The largest absolute Gasteiger partial charge is 0.373 e. The van der Waals surface area contributed by atoms with Gasteiger partial charge < -0.3 is 10.5 Å². The minimum atomic E-state index is 0.187. The molecule has 1 heterocycles. The third-order valence-corrected chi connectivity index (χ3v) is 3.79. The number of hydrogen-bond acceptors (Lipinski definition) is 3. The fraction of sp³-hybridized carbons (Fsp3) is 1.00. The number of rotatable bonds is 4. The van der Waals surface area contributed by atoms with E-state index in [1.54, 1.807) is 0 Å². The van der Waals surface area contributed by atoms with Crippen LogP contribution in [0.1, 0.15) is 40.5 Å². The summed E-state index contributed by atoms with van der Waals surface area (Å²) in [6.07, 6.45) is 2.91. The fourth-order valence-electron chi connectivity index (χ4n) is 2.68. The maximum absolute atomic E-state index is 5.97. The highest BCUT2D eigenvalue weighted by Gasteiger charge is 2.36. The first-order valence-electron chi connectivity index (χ1n) is 6.18. The second-order valence-electron chi connectivity index (χ2n) is 4.80. The zero-order chi connectivity index (χ0) is 11.5. The Morgan fingerprint density at radius 3 is 2.00 bits per heavy atom. The molecule has 0 bridgehead atoms. The van der Waals surface area contributed by atoms with Crippen LogP contribution in [0.4, 0.5) is 0 Å². The van der Waals surface area contributed by atoms with Gasteiger partial charge in [-0.1, -0.05) is 13.8 Å². The van der Waals surface area contributed by atoms with E-state index in [1.807, 2.05) is 0 Å². The molecule has 2 N–H and O–H groups in total. The van der Waals surface area contributed by atoms with Crippen molar-refractivity contribution in [3.63, 3.8) is 0 Å². The Labute approximate surface area is 94.0 Å². The Morgan fingerprint density at radius 2 is 1.67 bits per heavy atom. The van der Waals surface area contributed by atoms with Crippen LogP contribution in [0.5, 0.6) is 0 Å². The molecule has 2 atom stereocenters. The van der Waals surface area contributed by atoms with Crippen molar-refractivity contribution < 1.29 is 4.74 Å². The highest BCUT2D eigenvalue weighted by atomic mass is 16.5. The highest BCUT2D eigenvalue weighted by Crippen LogP contribution is 2.26. The quantitative estimate of drug-likeness (QED) is 0.773. The van der Waals surface area contributed by atoms with E-state index in [0.29, 0.717) is 12.2 Å². The normalized spacial score (nSPS) is 29.4. The summed E-state index contributed by atoms with van der Waals surface area (Å²) in [4.78, 5) is 2.53. The third-order valence-electron chi connectivity index (χ3n) is 3.79. The Hall–Kier alpha value is -0.120. The van der Waals surface area contributed by atoms with E-state index in [2.05, 4.69) is 32.6 Å². The van der Waals surface area contributed by atoms with Gasteiger partial charge in [0, 0.05) is 25.2 Å². The van der Waals surface area contributed by atoms with E-state index in [4.69, 9.17) is 10.5 Å². The molecule has 90 valence electrons. The van der Waals surface area contributed by atoms with Gasteiger partial charge >= 0.3 is 0 Å². The molecule has 1 aliphatic heterocycles. The summed E-state index contributed by atoms with van der Waals surface area (Å²) in [6.45, 7) is 11.6. The monoisotopic (exact) mass is 214 g/mol. The lowest BCUT2D eigenvalue weighted by Gasteiger charge is -2.47. The van der Waals surface area contributed by atoms with Gasteiger partial charge in [0.1, 0.15) is 0 Å². The van der Waals surface area contributed by atoms with Crippen LogP contribution in [0.25, 0.3) is 0 Å². The molecule has 0 unspecified atom stereocenters. The molecule has 0 aromatic rings. The lowest BCUT2D eigenvalue weighted by Crippen LogP contribution is -2.60. The molecule has 1 aliphatic rings. The van der Waals surface area contributed by atoms with E-state index in [1.165, 1.54) is 0 Å². The minimum absolute atomic E-state index is 0.187. The lowest BCUT2D eigenvalue weighted by molar-refractivity contribution is -0.102. The number of nitrogens with two attached hydrogens (primary N) is 1. The second-order valence-corrected chi connectivity index (χ2v) is 4.80. The van der Waals surface area contributed by atoms with Gasteiger partial charge in [0.2, 0.25) is 0 Å². The summed E-state index contributed by atoms with van der Waals surface area (Å²) in [5.74, 6) is 0. The molecule has 15 heavy (non-hydrogen) atoms. The van der Waals surface area contributed by atoms with E-state index in [9.17, 15) is 0 Å². The van der Waals surface area contributed by atoms with Crippen molar-refractivity contribution in [2.75, 3.05) is 19.6 Å². The van der Waals surface area contributed by atoms with Crippen molar-refractivity contribution in [1.29, 1.82) is 0 Å². The van der Waals surface area contributed by atoms with Crippen LogP contribution in [0.3, 0.4) is 0 Å². The smallest absolute Gasteiger partial charge is 0.0678 e. The first kappa shape index (κ1) is 12.9. The van der Waals surface area contributed by atoms with Gasteiger partial charge in [-0.25, -0.2) is 0 Å².